The molecule has 5 heteroatoms. The van der Waals surface area contributed by atoms with Crippen LogP contribution in [0.4, 0.5) is 0 Å². The molecule has 0 spiro atoms. The first-order valence-electron chi connectivity index (χ1n) is 4.77. The van der Waals surface area contributed by atoms with Gasteiger partial charge in [0.15, 0.2) is 3.77 Å². The summed E-state index contributed by atoms with van der Waals surface area (Å²) in [6, 6.07) is 5.88. The second kappa shape index (κ2) is 5.32. The second-order valence-electron chi connectivity index (χ2n) is 3.15. The Bertz CT molecular complexity index is 396. The molecular formula is C10H12IN3O. The summed E-state index contributed by atoms with van der Waals surface area (Å²) in [6.45, 7) is 2.54. The molecule has 2 rings (SSSR count). The average molecular weight is 317 g/mol. The van der Waals surface area contributed by atoms with E-state index in [0.29, 0.717) is 0 Å². The lowest BCUT2D eigenvalue weighted by molar-refractivity contribution is 0.454. The van der Waals surface area contributed by atoms with Crippen molar-refractivity contribution in [1.82, 2.24) is 15.1 Å². The molecule has 2 aromatic heterocycles. The van der Waals surface area contributed by atoms with Crippen molar-refractivity contribution in [2.45, 2.75) is 13.1 Å². The molecule has 0 aromatic carbocycles. The third kappa shape index (κ3) is 3.35. The Morgan fingerprint density at radius 2 is 2.40 bits per heavy atom. The Labute approximate surface area is 102 Å². The predicted molar refractivity (Wildman–Crippen MR) is 65.4 cm³/mol. The van der Waals surface area contributed by atoms with Gasteiger partial charge in [-0.1, -0.05) is 0 Å². The van der Waals surface area contributed by atoms with Gasteiger partial charge in [-0.15, -0.1) is 0 Å². The van der Waals surface area contributed by atoms with Crippen molar-refractivity contribution >= 4 is 22.6 Å². The molecule has 0 amide bonds. The molecule has 0 aliphatic carbocycles. The molecule has 0 bridgehead atoms. The molecule has 1 N–H and O–H groups in total. The Morgan fingerprint density at radius 1 is 1.47 bits per heavy atom. The van der Waals surface area contributed by atoms with Crippen molar-refractivity contribution < 1.29 is 4.42 Å². The van der Waals surface area contributed by atoms with Crippen LogP contribution in [0, 0.1) is 3.77 Å². The Balaban J connectivity index is 1.67. The van der Waals surface area contributed by atoms with Crippen LogP contribution in [0.2, 0.25) is 0 Å². The Kier molecular flexibility index (Phi) is 3.79. The highest BCUT2D eigenvalue weighted by Gasteiger charge is 1.98. The molecule has 0 atom stereocenters. The number of rotatable bonds is 5. The van der Waals surface area contributed by atoms with Gasteiger partial charge < -0.3 is 9.73 Å². The number of hydrogen-bond donors (Lipinski definition) is 1. The highest BCUT2D eigenvalue weighted by molar-refractivity contribution is 14.1. The molecule has 0 saturated heterocycles. The lowest BCUT2D eigenvalue weighted by Gasteiger charge is -2.02. The van der Waals surface area contributed by atoms with E-state index in [1.807, 2.05) is 29.1 Å². The first-order chi connectivity index (χ1) is 7.34. The van der Waals surface area contributed by atoms with E-state index in [4.69, 9.17) is 4.42 Å². The molecule has 0 radical (unpaired) electrons. The summed E-state index contributed by atoms with van der Waals surface area (Å²) < 4.78 is 8.25. The van der Waals surface area contributed by atoms with Crippen molar-refractivity contribution in [2.24, 2.45) is 0 Å². The van der Waals surface area contributed by atoms with Gasteiger partial charge in [0.1, 0.15) is 5.76 Å². The first kappa shape index (κ1) is 10.7. The van der Waals surface area contributed by atoms with Crippen LogP contribution >= 0.6 is 22.6 Å². The summed E-state index contributed by atoms with van der Waals surface area (Å²) in [7, 11) is 0. The summed E-state index contributed by atoms with van der Waals surface area (Å²) >= 11 is 2.16. The fourth-order valence-corrected chi connectivity index (χ4v) is 1.75. The van der Waals surface area contributed by atoms with Gasteiger partial charge in [-0.2, -0.15) is 5.10 Å². The third-order valence-electron chi connectivity index (χ3n) is 2.00. The number of furan rings is 1. The smallest absolute Gasteiger partial charge is 0.164 e. The van der Waals surface area contributed by atoms with E-state index in [9.17, 15) is 0 Å². The standard InChI is InChI=1S/C10H12IN3O/c11-10-3-2-9(15-10)8-12-5-7-14-6-1-4-13-14/h1-4,6,12H,5,7-8H2. The fraction of sp³-hybridized carbons (Fsp3) is 0.300. The number of hydrogen-bond acceptors (Lipinski definition) is 3. The summed E-state index contributed by atoms with van der Waals surface area (Å²) in [4.78, 5) is 0. The van der Waals surface area contributed by atoms with Crippen LogP contribution in [0.5, 0.6) is 0 Å². The van der Waals surface area contributed by atoms with E-state index in [0.717, 1.165) is 29.2 Å². The van der Waals surface area contributed by atoms with Gasteiger partial charge in [-0.25, -0.2) is 0 Å². The van der Waals surface area contributed by atoms with E-state index in [1.165, 1.54) is 0 Å². The van der Waals surface area contributed by atoms with Crippen molar-refractivity contribution in [3.63, 3.8) is 0 Å². The monoisotopic (exact) mass is 317 g/mol. The maximum absolute atomic E-state index is 5.42. The minimum Gasteiger partial charge on any atom is -0.454 e. The molecule has 4 nitrogen and oxygen atoms in total. The number of aromatic nitrogens is 2. The number of nitrogens with one attached hydrogen (secondary N) is 1. The van der Waals surface area contributed by atoms with Gasteiger partial charge in [0.05, 0.1) is 13.1 Å². The highest BCUT2D eigenvalue weighted by Crippen LogP contribution is 2.09. The molecule has 0 aliphatic rings. The van der Waals surface area contributed by atoms with Crippen LogP contribution < -0.4 is 5.32 Å². The quantitative estimate of drug-likeness (QED) is 0.676. The summed E-state index contributed by atoms with van der Waals surface area (Å²) in [5, 5.41) is 7.41. The van der Waals surface area contributed by atoms with Gasteiger partial charge in [0.25, 0.3) is 0 Å². The SMILES string of the molecule is Ic1ccc(CNCCn2cccn2)o1. The molecule has 2 heterocycles. The molecule has 0 fully saturated rings. The maximum Gasteiger partial charge on any atom is 0.164 e. The van der Waals surface area contributed by atoms with Gasteiger partial charge >= 0.3 is 0 Å². The fourth-order valence-electron chi connectivity index (χ4n) is 1.28. The minimum absolute atomic E-state index is 0.768. The van der Waals surface area contributed by atoms with Gasteiger partial charge in [0.2, 0.25) is 0 Å². The third-order valence-corrected chi connectivity index (χ3v) is 2.58. The summed E-state index contributed by atoms with van der Waals surface area (Å²) in [6.07, 6.45) is 3.74. The maximum atomic E-state index is 5.42. The molecule has 2 aromatic rings. The lowest BCUT2D eigenvalue weighted by atomic mass is 10.4. The van der Waals surface area contributed by atoms with Crippen molar-refractivity contribution in [1.29, 1.82) is 0 Å². The largest absolute Gasteiger partial charge is 0.454 e. The van der Waals surface area contributed by atoms with Crippen LogP contribution in [0.3, 0.4) is 0 Å². The van der Waals surface area contributed by atoms with E-state index in [-0.39, 0.29) is 0 Å². The highest BCUT2D eigenvalue weighted by atomic mass is 127. The second-order valence-corrected chi connectivity index (χ2v) is 4.21. The minimum atomic E-state index is 0.768. The van der Waals surface area contributed by atoms with Crippen LogP contribution in [0.1, 0.15) is 5.76 Å². The van der Waals surface area contributed by atoms with Crippen LogP contribution in [-0.2, 0) is 13.1 Å². The molecular weight excluding hydrogens is 305 g/mol. The zero-order chi connectivity index (χ0) is 10.5. The Morgan fingerprint density at radius 3 is 3.07 bits per heavy atom. The lowest BCUT2D eigenvalue weighted by Crippen LogP contribution is -2.19. The zero-order valence-electron chi connectivity index (χ0n) is 8.19. The Hall–Kier alpha value is -0.820. The van der Waals surface area contributed by atoms with Gasteiger partial charge in [-0.3, -0.25) is 4.68 Å². The van der Waals surface area contributed by atoms with E-state index < -0.39 is 0 Å². The van der Waals surface area contributed by atoms with Crippen molar-refractivity contribution in [3.05, 3.63) is 40.1 Å². The molecule has 15 heavy (non-hydrogen) atoms. The van der Waals surface area contributed by atoms with Crippen LogP contribution in [-0.4, -0.2) is 16.3 Å². The van der Waals surface area contributed by atoms with E-state index in [2.05, 4.69) is 33.0 Å². The molecule has 0 saturated carbocycles. The van der Waals surface area contributed by atoms with Crippen molar-refractivity contribution in [3.8, 4) is 0 Å². The van der Waals surface area contributed by atoms with E-state index in [1.54, 1.807) is 6.20 Å². The average Bonchev–Trinajstić information content (AvgIpc) is 2.84. The molecule has 80 valence electrons. The van der Waals surface area contributed by atoms with Crippen LogP contribution in [0.15, 0.2) is 35.0 Å². The number of nitrogens with zero attached hydrogens (tertiary/aromatic N) is 2. The van der Waals surface area contributed by atoms with E-state index >= 15 is 0 Å². The normalized spacial score (nSPS) is 10.7. The zero-order valence-corrected chi connectivity index (χ0v) is 10.3. The van der Waals surface area contributed by atoms with Crippen molar-refractivity contribution in [2.75, 3.05) is 6.54 Å². The van der Waals surface area contributed by atoms with Gasteiger partial charge in [0, 0.05) is 18.9 Å². The predicted octanol–water partition coefficient (Wildman–Crippen LogP) is 1.87. The summed E-state index contributed by atoms with van der Waals surface area (Å²) in [5.74, 6) is 0.972. The van der Waals surface area contributed by atoms with Crippen LogP contribution in [0.25, 0.3) is 0 Å². The number of halogens is 1. The van der Waals surface area contributed by atoms with Gasteiger partial charge in [-0.05, 0) is 40.8 Å². The summed E-state index contributed by atoms with van der Waals surface area (Å²) in [5.41, 5.74) is 0. The molecule has 0 aliphatic heterocycles. The first-order valence-corrected chi connectivity index (χ1v) is 5.85. The topological polar surface area (TPSA) is 43.0 Å². The molecule has 0 unspecified atom stereocenters.